The summed E-state index contributed by atoms with van der Waals surface area (Å²) in [5.41, 5.74) is 0.483. The van der Waals surface area contributed by atoms with Crippen molar-refractivity contribution in [3.63, 3.8) is 0 Å². The van der Waals surface area contributed by atoms with E-state index in [-0.39, 0.29) is 5.91 Å². The molecule has 32 heavy (non-hydrogen) atoms. The molecule has 1 aromatic heterocycles. The maximum absolute atomic E-state index is 11.8. The van der Waals surface area contributed by atoms with Crippen molar-refractivity contribution in [3.05, 3.63) is 29.6 Å². The number of nitrogens with zero attached hydrogens (tertiary/aromatic N) is 4. The molecule has 0 N–H and O–H groups in total. The van der Waals surface area contributed by atoms with E-state index in [0.29, 0.717) is 29.6 Å². The first-order chi connectivity index (χ1) is 15.5. The Balaban J connectivity index is 1.12. The molecule has 2 saturated heterocycles. The number of hydrogen-bond donors (Lipinski definition) is 0. The third-order valence-electron chi connectivity index (χ3n) is 7.89. The van der Waals surface area contributed by atoms with Gasteiger partial charge in [-0.25, -0.2) is 9.97 Å². The first-order valence-corrected chi connectivity index (χ1v) is 12.6. The number of piperidine rings is 2. The van der Waals surface area contributed by atoms with Crippen LogP contribution < -0.4 is 4.90 Å². The van der Waals surface area contributed by atoms with E-state index in [1.54, 1.807) is 12.4 Å². The Labute approximate surface area is 197 Å². The van der Waals surface area contributed by atoms with Crippen molar-refractivity contribution in [1.29, 1.82) is 0 Å². The summed E-state index contributed by atoms with van der Waals surface area (Å²) >= 11 is 5.91. The summed E-state index contributed by atoms with van der Waals surface area (Å²) in [5.74, 6) is 2.65. The van der Waals surface area contributed by atoms with Gasteiger partial charge in [0.15, 0.2) is 0 Å². The van der Waals surface area contributed by atoms with Gasteiger partial charge < -0.3 is 14.5 Å². The Kier molecular flexibility index (Phi) is 7.72. The number of aromatic nitrogens is 2. The van der Waals surface area contributed by atoms with Crippen molar-refractivity contribution in [2.45, 2.75) is 64.9 Å². The third kappa shape index (κ3) is 5.63. The van der Waals surface area contributed by atoms with Crippen LogP contribution in [-0.4, -0.2) is 59.7 Å². The van der Waals surface area contributed by atoms with Gasteiger partial charge in [0, 0.05) is 32.6 Å². The van der Waals surface area contributed by atoms with Crippen LogP contribution in [0.25, 0.3) is 0 Å². The van der Waals surface area contributed by atoms with Crippen LogP contribution >= 0.6 is 11.6 Å². The lowest BCUT2D eigenvalue weighted by atomic mass is 9.81. The molecule has 3 fully saturated rings. The summed E-state index contributed by atoms with van der Waals surface area (Å²) in [5, 5.41) is 0.587. The molecule has 0 unspecified atom stereocenters. The summed E-state index contributed by atoms with van der Waals surface area (Å²) in [7, 11) is 0. The average molecular weight is 461 g/mol. The topological polar surface area (TPSA) is 58.6 Å². The average Bonchev–Trinajstić information content (AvgIpc) is 3.50. The molecule has 176 valence electrons. The van der Waals surface area contributed by atoms with E-state index in [9.17, 15) is 4.79 Å². The number of rotatable bonds is 8. The molecule has 1 aromatic rings. The van der Waals surface area contributed by atoms with Gasteiger partial charge in [0.25, 0.3) is 0 Å². The summed E-state index contributed by atoms with van der Waals surface area (Å²) < 4.78 is 6.03. The number of anilines is 1. The lowest BCUT2D eigenvalue weighted by Gasteiger charge is -2.35. The van der Waals surface area contributed by atoms with Crippen LogP contribution in [0.3, 0.4) is 0 Å². The maximum atomic E-state index is 11.8. The number of hydrogen-bond acceptors (Lipinski definition) is 5. The second-order valence-electron chi connectivity index (χ2n) is 9.84. The smallest absolute Gasteiger partial charge is 0.225 e. The number of halogens is 1. The van der Waals surface area contributed by atoms with E-state index in [4.69, 9.17) is 16.3 Å². The molecule has 4 rings (SSSR count). The predicted molar refractivity (Wildman–Crippen MR) is 128 cm³/mol. The molecule has 0 aromatic carbocycles. The molecule has 0 spiro atoms. The molecule has 3 heterocycles. The quantitative estimate of drug-likeness (QED) is 0.524. The second-order valence-corrected chi connectivity index (χ2v) is 10.3. The highest BCUT2D eigenvalue weighted by Gasteiger charge is 2.54. The van der Waals surface area contributed by atoms with Gasteiger partial charge >= 0.3 is 0 Å². The van der Waals surface area contributed by atoms with Crippen LogP contribution in [0.4, 0.5) is 5.95 Å². The number of ether oxygens (including phenoxy) is 1. The molecule has 1 saturated carbocycles. The molecule has 0 radical (unpaired) electrons. The number of allylic oxidation sites excluding steroid dienone is 1. The highest BCUT2D eigenvalue weighted by atomic mass is 35.5. The molecule has 1 amide bonds. The fourth-order valence-corrected chi connectivity index (χ4v) is 5.65. The SMILES string of the molecule is CCC(=O)N1CCC(OC/C=C\C[C@H]2C[C@]2(C)C2CCN(c3ncc(Cl)cn3)CC2)CC1. The van der Waals surface area contributed by atoms with E-state index in [2.05, 4.69) is 33.9 Å². The Bertz CT molecular complexity index is 786. The minimum Gasteiger partial charge on any atom is -0.374 e. The first kappa shape index (κ1) is 23.5. The van der Waals surface area contributed by atoms with Crippen molar-refractivity contribution < 1.29 is 9.53 Å². The van der Waals surface area contributed by atoms with Crippen LogP contribution in [0, 0.1) is 17.3 Å². The van der Waals surface area contributed by atoms with Crippen LogP contribution in [0.5, 0.6) is 0 Å². The molecule has 2 atom stereocenters. The van der Waals surface area contributed by atoms with Gasteiger partial charge in [-0.3, -0.25) is 4.79 Å². The molecule has 0 bridgehead atoms. The van der Waals surface area contributed by atoms with Crippen molar-refractivity contribution >= 4 is 23.5 Å². The summed E-state index contributed by atoms with van der Waals surface area (Å²) in [6, 6.07) is 0. The fraction of sp³-hybridized carbons (Fsp3) is 0.720. The van der Waals surface area contributed by atoms with E-state index < -0.39 is 0 Å². The third-order valence-corrected chi connectivity index (χ3v) is 8.08. The second kappa shape index (κ2) is 10.5. The normalized spacial score (nSPS) is 27.3. The maximum Gasteiger partial charge on any atom is 0.225 e. The van der Waals surface area contributed by atoms with Gasteiger partial charge in [0.1, 0.15) is 0 Å². The summed E-state index contributed by atoms with van der Waals surface area (Å²) in [6.45, 7) is 8.83. The van der Waals surface area contributed by atoms with Crippen LogP contribution in [0.2, 0.25) is 5.02 Å². The molecule has 3 aliphatic rings. The Hall–Kier alpha value is -1.66. The number of carbonyl (C=O) groups is 1. The lowest BCUT2D eigenvalue weighted by Crippen LogP contribution is -2.40. The van der Waals surface area contributed by atoms with Gasteiger partial charge in [-0.05, 0) is 55.8 Å². The van der Waals surface area contributed by atoms with E-state index in [1.165, 1.54) is 19.3 Å². The van der Waals surface area contributed by atoms with Gasteiger partial charge in [-0.2, -0.15) is 0 Å². The van der Waals surface area contributed by atoms with Gasteiger partial charge in [-0.15, -0.1) is 0 Å². The zero-order valence-electron chi connectivity index (χ0n) is 19.5. The van der Waals surface area contributed by atoms with Gasteiger partial charge in [-0.1, -0.05) is 37.6 Å². The first-order valence-electron chi connectivity index (χ1n) is 12.3. The predicted octanol–water partition coefficient (Wildman–Crippen LogP) is 4.74. The number of likely N-dealkylation sites (tertiary alicyclic amines) is 1. The summed E-state index contributed by atoms with van der Waals surface area (Å²) in [4.78, 5) is 24.8. The Morgan fingerprint density at radius 3 is 2.50 bits per heavy atom. The highest BCUT2D eigenvalue weighted by Crippen LogP contribution is 2.61. The Morgan fingerprint density at radius 2 is 1.84 bits per heavy atom. The molecule has 1 aliphatic carbocycles. The summed E-state index contributed by atoms with van der Waals surface area (Å²) in [6.07, 6.45) is 15.6. The standard InChI is InChI=1S/C25H37ClN4O2/c1-3-23(31)29-13-9-22(10-14-29)32-15-5-4-6-20-16-25(20,2)19-7-11-30(12-8-19)24-27-17-21(26)18-28-24/h4-5,17-20,22H,3,6-16H2,1-2H3/b5-4-/t20-,25+/m0/s1. The van der Waals surface area contributed by atoms with E-state index >= 15 is 0 Å². The molecule has 6 nitrogen and oxygen atoms in total. The van der Waals surface area contributed by atoms with Crippen molar-refractivity contribution in [1.82, 2.24) is 14.9 Å². The minimum absolute atomic E-state index is 0.264. The highest BCUT2D eigenvalue weighted by molar-refractivity contribution is 6.30. The van der Waals surface area contributed by atoms with Crippen molar-refractivity contribution in [3.8, 4) is 0 Å². The fourth-order valence-electron chi connectivity index (χ4n) is 5.55. The van der Waals surface area contributed by atoms with E-state index in [1.807, 2.05) is 11.8 Å². The minimum atomic E-state index is 0.264. The molecule has 2 aliphatic heterocycles. The van der Waals surface area contributed by atoms with Crippen LogP contribution in [0.1, 0.15) is 58.8 Å². The molecular weight excluding hydrogens is 424 g/mol. The monoisotopic (exact) mass is 460 g/mol. The van der Waals surface area contributed by atoms with Gasteiger partial charge in [0.05, 0.1) is 30.1 Å². The van der Waals surface area contributed by atoms with Crippen molar-refractivity contribution in [2.24, 2.45) is 17.3 Å². The number of carbonyl (C=O) groups excluding carboxylic acids is 1. The zero-order chi connectivity index (χ0) is 22.6. The van der Waals surface area contributed by atoms with E-state index in [0.717, 1.165) is 63.2 Å². The molecular formula is C25H37ClN4O2. The van der Waals surface area contributed by atoms with Gasteiger partial charge in [0.2, 0.25) is 11.9 Å². The molecule has 7 heteroatoms. The zero-order valence-corrected chi connectivity index (χ0v) is 20.3. The van der Waals surface area contributed by atoms with Crippen LogP contribution in [0.15, 0.2) is 24.5 Å². The van der Waals surface area contributed by atoms with Crippen molar-refractivity contribution in [2.75, 3.05) is 37.7 Å². The number of amides is 1. The Morgan fingerprint density at radius 1 is 1.16 bits per heavy atom. The lowest BCUT2D eigenvalue weighted by molar-refractivity contribution is -0.133. The van der Waals surface area contributed by atoms with Crippen LogP contribution in [-0.2, 0) is 9.53 Å². The largest absolute Gasteiger partial charge is 0.374 e.